The quantitative estimate of drug-likeness (QED) is 0.248. The molecule has 7 nitrogen and oxygen atoms in total. The first-order valence-electron chi connectivity index (χ1n) is 12.2. The molecule has 3 aromatic rings. The summed E-state index contributed by atoms with van der Waals surface area (Å²) in [6.07, 6.45) is 0.684. The van der Waals surface area contributed by atoms with Crippen molar-refractivity contribution < 1.29 is 24.2 Å². The van der Waals surface area contributed by atoms with Crippen molar-refractivity contribution in [2.45, 2.75) is 19.1 Å². The maximum atomic E-state index is 13.3. The van der Waals surface area contributed by atoms with E-state index in [9.17, 15) is 14.7 Å². The number of likely N-dealkylation sites (tertiary alicyclic amines) is 1. The van der Waals surface area contributed by atoms with E-state index in [0.29, 0.717) is 42.2 Å². The van der Waals surface area contributed by atoms with E-state index in [-0.39, 0.29) is 11.3 Å². The van der Waals surface area contributed by atoms with Crippen molar-refractivity contribution in [1.82, 2.24) is 9.80 Å². The predicted molar refractivity (Wildman–Crippen MR) is 142 cm³/mol. The average molecular weight is 501 g/mol. The maximum Gasteiger partial charge on any atom is 0.295 e. The molecule has 1 N–H and O–H groups in total. The Balaban J connectivity index is 1.71. The van der Waals surface area contributed by atoms with E-state index in [1.54, 1.807) is 36.3 Å². The normalized spacial score (nSPS) is 16.9. The van der Waals surface area contributed by atoms with Gasteiger partial charge in [0.25, 0.3) is 11.7 Å². The molecule has 1 aliphatic heterocycles. The van der Waals surface area contributed by atoms with Crippen LogP contribution in [-0.2, 0) is 16.2 Å². The Kier molecular flexibility index (Phi) is 8.25. The molecule has 1 heterocycles. The van der Waals surface area contributed by atoms with Gasteiger partial charge in [-0.2, -0.15) is 0 Å². The number of methoxy groups -OCH3 is 1. The van der Waals surface area contributed by atoms with Crippen LogP contribution in [0.25, 0.3) is 5.76 Å². The summed E-state index contributed by atoms with van der Waals surface area (Å²) in [5, 5.41) is 11.3. The van der Waals surface area contributed by atoms with Crippen molar-refractivity contribution in [2.24, 2.45) is 0 Å². The first-order valence-corrected chi connectivity index (χ1v) is 12.2. The predicted octanol–water partition coefficient (Wildman–Crippen LogP) is 4.65. The monoisotopic (exact) mass is 500 g/mol. The van der Waals surface area contributed by atoms with E-state index < -0.39 is 17.7 Å². The molecule has 0 bridgehead atoms. The van der Waals surface area contributed by atoms with Gasteiger partial charge in [0.15, 0.2) is 0 Å². The number of carbonyl (C=O) groups excluding carboxylic acids is 2. The highest BCUT2D eigenvalue weighted by Crippen LogP contribution is 2.40. The molecule has 7 heteroatoms. The van der Waals surface area contributed by atoms with Crippen LogP contribution in [0.5, 0.6) is 11.5 Å². The van der Waals surface area contributed by atoms with Crippen LogP contribution in [-0.4, -0.2) is 60.9 Å². The van der Waals surface area contributed by atoms with E-state index >= 15 is 0 Å². The van der Waals surface area contributed by atoms with E-state index in [1.807, 2.05) is 73.6 Å². The number of hydrogen-bond acceptors (Lipinski definition) is 6. The summed E-state index contributed by atoms with van der Waals surface area (Å²) < 4.78 is 11.2. The number of benzene rings is 3. The maximum absolute atomic E-state index is 13.3. The average Bonchev–Trinajstić information content (AvgIpc) is 3.17. The Labute approximate surface area is 217 Å². The number of carbonyl (C=O) groups is 2. The standard InChI is InChI=1S/C30H32N2O5/c1-31(2)17-8-18-32-27(23-11-7-12-25(19-23)37-20-21-9-5-4-6-10-21)26(29(34)30(32)35)28(33)22-13-15-24(36-3)16-14-22/h4-7,9-16,19,27,33H,8,17-18,20H2,1-3H3. The lowest BCUT2D eigenvalue weighted by molar-refractivity contribution is -0.139. The molecule has 0 aliphatic carbocycles. The summed E-state index contributed by atoms with van der Waals surface area (Å²) in [5.41, 5.74) is 2.24. The fourth-order valence-electron chi connectivity index (χ4n) is 4.43. The van der Waals surface area contributed by atoms with Crippen LogP contribution in [0.4, 0.5) is 0 Å². The highest BCUT2D eigenvalue weighted by atomic mass is 16.5. The summed E-state index contributed by atoms with van der Waals surface area (Å²) in [4.78, 5) is 30.0. The van der Waals surface area contributed by atoms with Crippen LogP contribution >= 0.6 is 0 Å². The van der Waals surface area contributed by atoms with Gasteiger partial charge in [-0.05, 0) is 74.6 Å². The molecule has 1 unspecified atom stereocenters. The Hall–Kier alpha value is -4.10. The lowest BCUT2D eigenvalue weighted by atomic mass is 9.95. The van der Waals surface area contributed by atoms with Crippen molar-refractivity contribution in [3.63, 3.8) is 0 Å². The molecule has 192 valence electrons. The second-order valence-electron chi connectivity index (χ2n) is 9.22. The molecule has 1 amide bonds. The van der Waals surface area contributed by atoms with Gasteiger partial charge in [0.05, 0.1) is 18.7 Å². The lowest BCUT2D eigenvalue weighted by Crippen LogP contribution is -2.32. The lowest BCUT2D eigenvalue weighted by Gasteiger charge is -2.26. The van der Waals surface area contributed by atoms with Crippen molar-refractivity contribution in [1.29, 1.82) is 0 Å². The first kappa shape index (κ1) is 26.0. The number of hydrogen-bond donors (Lipinski definition) is 1. The van der Waals surface area contributed by atoms with Crippen LogP contribution in [0.3, 0.4) is 0 Å². The molecule has 0 radical (unpaired) electrons. The Bertz CT molecular complexity index is 1270. The van der Waals surface area contributed by atoms with Crippen molar-refractivity contribution in [3.8, 4) is 11.5 Å². The van der Waals surface area contributed by atoms with Gasteiger partial charge in [-0.15, -0.1) is 0 Å². The Morgan fingerprint density at radius 2 is 1.68 bits per heavy atom. The molecule has 1 aliphatic rings. The fraction of sp³-hybridized carbons (Fsp3) is 0.267. The molecular weight excluding hydrogens is 468 g/mol. The van der Waals surface area contributed by atoms with Crippen LogP contribution in [0.15, 0.2) is 84.4 Å². The smallest absolute Gasteiger partial charge is 0.295 e. The SMILES string of the molecule is COc1ccc(C(O)=C2C(=O)C(=O)N(CCCN(C)C)C2c2cccc(OCc3ccccc3)c2)cc1. The molecule has 0 saturated carbocycles. The van der Waals surface area contributed by atoms with Gasteiger partial charge >= 0.3 is 0 Å². The summed E-state index contributed by atoms with van der Waals surface area (Å²) in [6.45, 7) is 1.52. The molecule has 0 spiro atoms. The third-order valence-electron chi connectivity index (χ3n) is 6.33. The zero-order chi connectivity index (χ0) is 26.4. The number of ether oxygens (including phenoxy) is 2. The zero-order valence-corrected chi connectivity index (χ0v) is 21.4. The van der Waals surface area contributed by atoms with E-state index in [1.165, 1.54) is 0 Å². The minimum Gasteiger partial charge on any atom is -0.507 e. The first-order chi connectivity index (χ1) is 17.9. The topological polar surface area (TPSA) is 79.3 Å². The number of rotatable bonds is 10. The van der Waals surface area contributed by atoms with Crippen LogP contribution in [0.2, 0.25) is 0 Å². The number of aliphatic hydroxyl groups is 1. The molecule has 1 atom stereocenters. The largest absolute Gasteiger partial charge is 0.507 e. The van der Waals surface area contributed by atoms with Crippen molar-refractivity contribution in [2.75, 3.05) is 34.3 Å². The van der Waals surface area contributed by atoms with Gasteiger partial charge in [-0.1, -0.05) is 42.5 Å². The molecule has 1 saturated heterocycles. The fourth-order valence-corrected chi connectivity index (χ4v) is 4.43. The minimum absolute atomic E-state index is 0.0697. The molecular formula is C30H32N2O5. The van der Waals surface area contributed by atoms with Gasteiger partial charge in [0, 0.05) is 12.1 Å². The number of amides is 1. The van der Waals surface area contributed by atoms with E-state index in [4.69, 9.17) is 9.47 Å². The van der Waals surface area contributed by atoms with E-state index in [0.717, 1.165) is 12.1 Å². The number of Topliss-reactive ketones (excluding diaryl/α,β-unsaturated/α-hetero) is 1. The van der Waals surface area contributed by atoms with Crippen molar-refractivity contribution >= 4 is 17.4 Å². The molecule has 4 rings (SSSR count). The minimum atomic E-state index is -0.732. The highest BCUT2D eigenvalue weighted by Gasteiger charge is 2.45. The summed E-state index contributed by atoms with van der Waals surface area (Å²) in [6, 6.07) is 23.2. The van der Waals surface area contributed by atoms with E-state index in [2.05, 4.69) is 0 Å². The third-order valence-corrected chi connectivity index (χ3v) is 6.33. The molecule has 3 aromatic carbocycles. The molecule has 1 fully saturated rings. The van der Waals surface area contributed by atoms with Crippen LogP contribution in [0, 0.1) is 0 Å². The number of nitrogens with zero attached hydrogens (tertiary/aromatic N) is 2. The van der Waals surface area contributed by atoms with Crippen molar-refractivity contribution in [3.05, 3.63) is 101 Å². The van der Waals surface area contributed by atoms with Gasteiger partial charge in [0.1, 0.15) is 23.9 Å². The third kappa shape index (κ3) is 6.01. The number of ketones is 1. The summed E-state index contributed by atoms with van der Waals surface area (Å²) in [5.74, 6) is -0.282. The van der Waals surface area contributed by atoms with Gasteiger partial charge in [0.2, 0.25) is 0 Å². The molecule has 0 aromatic heterocycles. The van der Waals surface area contributed by atoms with Gasteiger partial charge in [-0.25, -0.2) is 0 Å². The summed E-state index contributed by atoms with van der Waals surface area (Å²) >= 11 is 0. The second kappa shape index (κ2) is 11.8. The Morgan fingerprint density at radius 1 is 0.946 bits per heavy atom. The van der Waals surface area contributed by atoms with Gasteiger partial charge < -0.3 is 24.4 Å². The summed E-state index contributed by atoms with van der Waals surface area (Å²) in [7, 11) is 5.48. The zero-order valence-electron chi connectivity index (χ0n) is 21.4. The molecule has 37 heavy (non-hydrogen) atoms. The number of aliphatic hydroxyl groups excluding tert-OH is 1. The van der Waals surface area contributed by atoms with Crippen LogP contribution < -0.4 is 9.47 Å². The van der Waals surface area contributed by atoms with Crippen LogP contribution in [0.1, 0.15) is 29.2 Å². The second-order valence-corrected chi connectivity index (χ2v) is 9.22. The van der Waals surface area contributed by atoms with Gasteiger partial charge in [-0.3, -0.25) is 9.59 Å². The highest BCUT2D eigenvalue weighted by molar-refractivity contribution is 6.46. The Morgan fingerprint density at radius 3 is 2.35 bits per heavy atom.